The first-order valence-corrected chi connectivity index (χ1v) is 5.41. The summed E-state index contributed by atoms with van der Waals surface area (Å²) in [5.41, 5.74) is 1.34. The fourth-order valence-corrected chi connectivity index (χ4v) is 1.82. The van der Waals surface area contributed by atoms with E-state index < -0.39 is 17.7 Å². The van der Waals surface area contributed by atoms with Gasteiger partial charge in [0.15, 0.2) is 11.5 Å². The molecule has 1 aromatic rings. The van der Waals surface area contributed by atoms with Gasteiger partial charge in [-0.05, 0) is 6.92 Å². The van der Waals surface area contributed by atoms with E-state index in [9.17, 15) is 14.0 Å². The summed E-state index contributed by atoms with van der Waals surface area (Å²) in [6.07, 6.45) is 0. The molecule has 0 atom stereocenters. The van der Waals surface area contributed by atoms with Gasteiger partial charge in [0.05, 0.1) is 25.4 Å². The summed E-state index contributed by atoms with van der Waals surface area (Å²) in [6, 6.07) is 0. The Labute approximate surface area is 102 Å². The zero-order valence-corrected chi connectivity index (χ0v) is 9.83. The quantitative estimate of drug-likeness (QED) is 0.641. The smallest absolute Gasteiger partial charge is 0.359 e. The number of hydrogen-bond acceptors (Lipinski definition) is 4. The predicted molar refractivity (Wildman–Crippen MR) is 59.0 cm³/mol. The summed E-state index contributed by atoms with van der Waals surface area (Å²) in [6.45, 7) is 5.20. The Kier molecular flexibility index (Phi) is 3.14. The van der Waals surface area contributed by atoms with E-state index in [2.05, 4.69) is 16.8 Å². The Hall–Kier alpha value is -2.18. The highest BCUT2D eigenvalue weighted by Crippen LogP contribution is 2.25. The third kappa shape index (κ3) is 1.99. The summed E-state index contributed by atoms with van der Waals surface area (Å²) in [4.78, 5) is 24.2. The molecule has 2 heterocycles. The summed E-state index contributed by atoms with van der Waals surface area (Å²) in [5.74, 6) is -2.36. The lowest BCUT2D eigenvalue weighted by molar-refractivity contribution is -0.129. The predicted octanol–water partition coefficient (Wildman–Crippen LogP) is 0.912. The van der Waals surface area contributed by atoms with Gasteiger partial charge in [0.25, 0.3) is 5.91 Å². The SMILES string of the molecule is C=C(F)C(=O)N1Cc2[nH]nc(C(=O)OCC)c2C1. The lowest BCUT2D eigenvalue weighted by Crippen LogP contribution is -2.26. The molecule has 7 heteroatoms. The van der Waals surface area contributed by atoms with Gasteiger partial charge in [-0.3, -0.25) is 9.89 Å². The Morgan fingerprint density at radius 2 is 2.28 bits per heavy atom. The maximum atomic E-state index is 12.8. The van der Waals surface area contributed by atoms with E-state index >= 15 is 0 Å². The normalized spacial score (nSPS) is 13.3. The van der Waals surface area contributed by atoms with Crippen molar-refractivity contribution in [3.05, 3.63) is 29.4 Å². The Morgan fingerprint density at radius 3 is 2.89 bits per heavy atom. The van der Waals surface area contributed by atoms with Crippen LogP contribution in [-0.4, -0.2) is 33.6 Å². The van der Waals surface area contributed by atoms with Crippen LogP contribution in [0.1, 0.15) is 28.7 Å². The van der Waals surface area contributed by atoms with Crippen molar-refractivity contribution < 1.29 is 18.7 Å². The first-order valence-electron chi connectivity index (χ1n) is 5.41. The molecule has 0 aliphatic carbocycles. The lowest BCUT2D eigenvalue weighted by Gasteiger charge is -2.13. The summed E-state index contributed by atoms with van der Waals surface area (Å²) in [7, 11) is 0. The Balaban J connectivity index is 2.19. The second-order valence-electron chi connectivity index (χ2n) is 3.82. The van der Waals surface area contributed by atoms with Gasteiger partial charge in [-0.1, -0.05) is 6.58 Å². The van der Waals surface area contributed by atoms with Crippen LogP contribution in [-0.2, 0) is 22.6 Å². The van der Waals surface area contributed by atoms with Crippen molar-refractivity contribution in [2.24, 2.45) is 0 Å². The molecule has 1 N–H and O–H groups in total. The van der Waals surface area contributed by atoms with E-state index in [1.165, 1.54) is 4.90 Å². The van der Waals surface area contributed by atoms with Crippen molar-refractivity contribution in [2.75, 3.05) is 6.61 Å². The van der Waals surface area contributed by atoms with Crippen LogP contribution in [0.5, 0.6) is 0 Å². The van der Waals surface area contributed by atoms with Crippen molar-refractivity contribution in [1.82, 2.24) is 15.1 Å². The number of amides is 1. The molecule has 18 heavy (non-hydrogen) atoms. The number of fused-ring (bicyclic) bond motifs is 1. The molecular formula is C11H12FN3O3. The highest BCUT2D eigenvalue weighted by Gasteiger charge is 2.31. The van der Waals surface area contributed by atoms with Crippen LogP contribution in [0.25, 0.3) is 0 Å². The fourth-order valence-electron chi connectivity index (χ4n) is 1.82. The number of nitrogens with zero attached hydrogens (tertiary/aromatic N) is 2. The third-order valence-corrected chi connectivity index (χ3v) is 2.64. The number of H-pyrrole nitrogens is 1. The van der Waals surface area contributed by atoms with Crippen LogP contribution in [0, 0.1) is 0 Å². The van der Waals surface area contributed by atoms with Gasteiger partial charge in [0.2, 0.25) is 0 Å². The van der Waals surface area contributed by atoms with Gasteiger partial charge in [-0.15, -0.1) is 0 Å². The molecular weight excluding hydrogens is 241 g/mol. The minimum Gasteiger partial charge on any atom is -0.461 e. The van der Waals surface area contributed by atoms with E-state index in [0.29, 0.717) is 11.3 Å². The molecule has 1 amide bonds. The standard InChI is InChI=1S/C11H12FN3O3/c1-3-18-11(17)9-7-4-15(10(16)6(2)12)5-8(7)13-14-9/h2-5H2,1H3,(H,13,14). The minimum atomic E-state index is -1.02. The van der Waals surface area contributed by atoms with Gasteiger partial charge in [0, 0.05) is 5.56 Å². The number of aromatic amines is 1. The van der Waals surface area contributed by atoms with Gasteiger partial charge in [0.1, 0.15) is 0 Å². The zero-order valence-electron chi connectivity index (χ0n) is 9.83. The van der Waals surface area contributed by atoms with Crippen LogP contribution in [0.4, 0.5) is 4.39 Å². The molecule has 96 valence electrons. The molecule has 0 saturated heterocycles. The van der Waals surface area contributed by atoms with E-state index in [1.54, 1.807) is 6.92 Å². The van der Waals surface area contributed by atoms with Gasteiger partial charge in [-0.25, -0.2) is 9.18 Å². The fraction of sp³-hybridized carbons (Fsp3) is 0.364. The minimum absolute atomic E-state index is 0.127. The second kappa shape index (κ2) is 4.59. The first kappa shape index (κ1) is 12.3. The molecule has 0 bridgehead atoms. The number of esters is 1. The molecule has 0 saturated carbocycles. The van der Waals surface area contributed by atoms with Crippen LogP contribution >= 0.6 is 0 Å². The molecule has 0 radical (unpaired) electrons. The van der Waals surface area contributed by atoms with Crippen molar-refractivity contribution >= 4 is 11.9 Å². The summed E-state index contributed by atoms with van der Waals surface area (Å²) >= 11 is 0. The van der Waals surface area contributed by atoms with Gasteiger partial charge < -0.3 is 9.64 Å². The summed E-state index contributed by atoms with van der Waals surface area (Å²) < 4.78 is 17.6. The number of hydrogen-bond donors (Lipinski definition) is 1. The zero-order chi connectivity index (χ0) is 13.3. The van der Waals surface area contributed by atoms with Crippen LogP contribution in [0.3, 0.4) is 0 Å². The first-order chi connectivity index (χ1) is 8.54. The highest BCUT2D eigenvalue weighted by atomic mass is 19.1. The van der Waals surface area contributed by atoms with E-state index in [0.717, 1.165) is 0 Å². The monoisotopic (exact) mass is 253 g/mol. The number of carbonyl (C=O) groups excluding carboxylic acids is 2. The van der Waals surface area contributed by atoms with Crippen LogP contribution < -0.4 is 0 Å². The molecule has 0 fully saturated rings. The number of halogens is 1. The number of carbonyl (C=O) groups is 2. The molecule has 1 aliphatic heterocycles. The van der Waals surface area contributed by atoms with E-state index in [4.69, 9.17) is 4.74 Å². The van der Waals surface area contributed by atoms with E-state index in [-0.39, 0.29) is 25.4 Å². The average Bonchev–Trinajstić information content (AvgIpc) is 2.86. The number of aromatic nitrogens is 2. The van der Waals surface area contributed by atoms with Crippen molar-refractivity contribution in [3.63, 3.8) is 0 Å². The van der Waals surface area contributed by atoms with Gasteiger partial charge >= 0.3 is 5.97 Å². The molecule has 0 aromatic carbocycles. The van der Waals surface area contributed by atoms with Crippen LogP contribution in [0.15, 0.2) is 12.4 Å². The Morgan fingerprint density at radius 1 is 1.56 bits per heavy atom. The van der Waals surface area contributed by atoms with Crippen LogP contribution in [0.2, 0.25) is 0 Å². The average molecular weight is 253 g/mol. The van der Waals surface area contributed by atoms with Crippen molar-refractivity contribution in [1.29, 1.82) is 0 Å². The molecule has 6 nitrogen and oxygen atoms in total. The highest BCUT2D eigenvalue weighted by molar-refractivity contribution is 5.92. The molecule has 1 aromatic heterocycles. The topological polar surface area (TPSA) is 75.3 Å². The number of nitrogens with one attached hydrogen (secondary N) is 1. The Bertz CT molecular complexity index is 524. The molecule has 2 rings (SSSR count). The molecule has 0 spiro atoms. The maximum Gasteiger partial charge on any atom is 0.359 e. The summed E-state index contributed by atoms with van der Waals surface area (Å²) in [5, 5.41) is 6.49. The number of ether oxygens (including phenoxy) is 1. The molecule has 1 aliphatic rings. The van der Waals surface area contributed by atoms with Crippen molar-refractivity contribution in [2.45, 2.75) is 20.0 Å². The maximum absolute atomic E-state index is 12.8. The van der Waals surface area contributed by atoms with E-state index in [1.807, 2.05) is 0 Å². The molecule has 0 unspecified atom stereocenters. The second-order valence-corrected chi connectivity index (χ2v) is 3.82. The number of rotatable bonds is 3. The largest absolute Gasteiger partial charge is 0.461 e. The third-order valence-electron chi connectivity index (χ3n) is 2.64. The van der Waals surface area contributed by atoms with Crippen molar-refractivity contribution in [3.8, 4) is 0 Å². The van der Waals surface area contributed by atoms with Gasteiger partial charge in [-0.2, -0.15) is 5.10 Å². The lowest BCUT2D eigenvalue weighted by atomic mass is 10.2.